The number of hydrogen-bond donors (Lipinski definition) is 2. The topological polar surface area (TPSA) is 77.8 Å². The standard InChI is InChI=1S/C15H21NO4/c1-15(2,3)12-6-4-11(5-7-12)8-16(9-13(17)18)10-14(19)20/h4-7H,8-10H2,1-3H3,(H,17,18)(H,19,20). The van der Waals surface area contributed by atoms with Gasteiger partial charge < -0.3 is 10.2 Å². The summed E-state index contributed by atoms with van der Waals surface area (Å²) in [6, 6.07) is 7.82. The fraction of sp³-hybridized carbons (Fsp3) is 0.467. The predicted octanol–water partition coefficient (Wildman–Crippen LogP) is 1.96. The molecular weight excluding hydrogens is 258 g/mol. The number of carbonyl (C=O) groups is 2. The van der Waals surface area contributed by atoms with Gasteiger partial charge in [-0.15, -0.1) is 0 Å². The molecule has 0 unspecified atom stereocenters. The fourth-order valence-electron chi connectivity index (χ4n) is 1.92. The van der Waals surface area contributed by atoms with Crippen molar-refractivity contribution in [2.45, 2.75) is 32.7 Å². The van der Waals surface area contributed by atoms with Gasteiger partial charge in [-0.1, -0.05) is 45.0 Å². The van der Waals surface area contributed by atoms with Crippen molar-refractivity contribution in [1.82, 2.24) is 4.90 Å². The summed E-state index contributed by atoms with van der Waals surface area (Å²) in [6.07, 6.45) is 0. The van der Waals surface area contributed by atoms with E-state index < -0.39 is 11.9 Å². The highest BCUT2D eigenvalue weighted by Crippen LogP contribution is 2.22. The first-order valence-electron chi connectivity index (χ1n) is 6.44. The first-order chi connectivity index (χ1) is 9.18. The minimum Gasteiger partial charge on any atom is -0.480 e. The zero-order valence-corrected chi connectivity index (χ0v) is 12.1. The molecule has 0 radical (unpaired) electrons. The van der Waals surface area contributed by atoms with Crippen LogP contribution in [0.2, 0.25) is 0 Å². The second-order valence-electron chi connectivity index (χ2n) is 5.88. The van der Waals surface area contributed by atoms with Crippen LogP contribution in [0.4, 0.5) is 0 Å². The summed E-state index contributed by atoms with van der Waals surface area (Å²) in [5.74, 6) is -2.06. The third kappa shape index (κ3) is 5.40. The van der Waals surface area contributed by atoms with Crippen LogP contribution < -0.4 is 0 Å². The van der Waals surface area contributed by atoms with Crippen molar-refractivity contribution in [2.24, 2.45) is 0 Å². The molecule has 1 aromatic rings. The largest absolute Gasteiger partial charge is 0.480 e. The molecule has 0 saturated carbocycles. The highest BCUT2D eigenvalue weighted by atomic mass is 16.4. The van der Waals surface area contributed by atoms with E-state index in [2.05, 4.69) is 20.8 Å². The molecule has 0 aliphatic heterocycles. The summed E-state index contributed by atoms with van der Waals surface area (Å²) < 4.78 is 0. The lowest BCUT2D eigenvalue weighted by molar-refractivity contribution is -0.142. The number of hydrogen-bond acceptors (Lipinski definition) is 3. The van der Waals surface area contributed by atoms with Crippen molar-refractivity contribution in [3.8, 4) is 0 Å². The Hall–Kier alpha value is -1.88. The van der Waals surface area contributed by atoms with Gasteiger partial charge in [0.25, 0.3) is 0 Å². The molecule has 110 valence electrons. The highest BCUT2D eigenvalue weighted by Gasteiger charge is 2.16. The number of carboxylic acids is 2. The Morgan fingerprint density at radius 1 is 1.00 bits per heavy atom. The van der Waals surface area contributed by atoms with E-state index in [1.54, 1.807) is 0 Å². The summed E-state index contributed by atoms with van der Waals surface area (Å²) in [5, 5.41) is 17.6. The molecule has 0 amide bonds. The van der Waals surface area contributed by atoms with Crippen LogP contribution in [-0.2, 0) is 21.5 Å². The van der Waals surface area contributed by atoms with E-state index in [-0.39, 0.29) is 18.5 Å². The summed E-state index contributed by atoms with van der Waals surface area (Å²) in [6.45, 7) is 6.08. The minimum absolute atomic E-state index is 0.0559. The van der Waals surface area contributed by atoms with E-state index in [1.807, 2.05) is 24.3 Å². The quantitative estimate of drug-likeness (QED) is 0.832. The zero-order valence-electron chi connectivity index (χ0n) is 12.1. The third-order valence-electron chi connectivity index (χ3n) is 2.94. The van der Waals surface area contributed by atoms with Crippen molar-refractivity contribution >= 4 is 11.9 Å². The van der Waals surface area contributed by atoms with Crippen LogP contribution in [0.1, 0.15) is 31.9 Å². The minimum atomic E-state index is -1.03. The summed E-state index contributed by atoms with van der Waals surface area (Å²) in [5.41, 5.74) is 2.14. The van der Waals surface area contributed by atoms with Gasteiger partial charge in [-0.25, -0.2) is 0 Å². The maximum atomic E-state index is 10.7. The molecule has 0 aromatic heterocycles. The van der Waals surface area contributed by atoms with E-state index in [0.717, 1.165) is 5.56 Å². The van der Waals surface area contributed by atoms with Crippen LogP contribution in [0.5, 0.6) is 0 Å². The maximum Gasteiger partial charge on any atom is 0.317 e. The molecule has 0 aliphatic rings. The van der Waals surface area contributed by atoms with E-state index in [9.17, 15) is 9.59 Å². The third-order valence-corrected chi connectivity index (χ3v) is 2.94. The molecule has 0 spiro atoms. The van der Waals surface area contributed by atoms with Crippen LogP contribution in [0, 0.1) is 0 Å². The van der Waals surface area contributed by atoms with Crippen molar-refractivity contribution < 1.29 is 19.8 Å². The molecule has 5 heteroatoms. The lowest BCUT2D eigenvalue weighted by atomic mass is 9.87. The highest BCUT2D eigenvalue weighted by molar-refractivity contribution is 5.72. The molecular formula is C15H21NO4. The van der Waals surface area contributed by atoms with E-state index in [4.69, 9.17) is 10.2 Å². The summed E-state index contributed by atoms with van der Waals surface area (Å²) >= 11 is 0. The van der Waals surface area contributed by atoms with Crippen molar-refractivity contribution in [3.05, 3.63) is 35.4 Å². The molecule has 1 rings (SSSR count). The lowest BCUT2D eigenvalue weighted by Gasteiger charge is -2.21. The number of benzene rings is 1. The van der Waals surface area contributed by atoms with Crippen LogP contribution in [0.25, 0.3) is 0 Å². The first kappa shape index (κ1) is 16.2. The van der Waals surface area contributed by atoms with Crippen molar-refractivity contribution in [2.75, 3.05) is 13.1 Å². The van der Waals surface area contributed by atoms with Gasteiger partial charge >= 0.3 is 11.9 Å². The normalized spacial score (nSPS) is 11.6. The Bertz CT molecular complexity index is 458. The molecule has 0 aliphatic carbocycles. The Labute approximate surface area is 118 Å². The number of carboxylic acid groups (broad SMARTS) is 2. The molecule has 0 heterocycles. The van der Waals surface area contributed by atoms with E-state index >= 15 is 0 Å². The van der Waals surface area contributed by atoms with E-state index in [1.165, 1.54) is 10.5 Å². The monoisotopic (exact) mass is 279 g/mol. The maximum absolute atomic E-state index is 10.7. The van der Waals surface area contributed by atoms with Crippen molar-refractivity contribution in [3.63, 3.8) is 0 Å². The van der Waals surface area contributed by atoms with Gasteiger partial charge in [0.1, 0.15) is 0 Å². The summed E-state index contributed by atoms with van der Waals surface area (Å²) in [7, 11) is 0. The van der Waals surface area contributed by atoms with Gasteiger partial charge in [-0.2, -0.15) is 0 Å². The second-order valence-corrected chi connectivity index (χ2v) is 5.88. The van der Waals surface area contributed by atoms with Gasteiger partial charge in [0.05, 0.1) is 13.1 Å². The Morgan fingerprint density at radius 2 is 1.45 bits per heavy atom. The first-order valence-corrected chi connectivity index (χ1v) is 6.44. The van der Waals surface area contributed by atoms with E-state index in [0.29, 0.717) is 6.54 Å². The lowest BCUT2D eigenvalue weighted by Crippen LogP contribution is -2.33. The molecule has 20 heavy (non-hydrogen) atoms. The van der Waals surface area contributed by atoms with Crippen LogP contribution in [0.3, 0.4) is 0 Å². The average molecular weight is 279 g/mol. The second kappa shape index (κ2) is 6.52. The average Bonchev–Trinajstić information content (AvgIpc) is 2.26. The number of aliphatic carboxylic acids is 2. The van der Waals surface area contributed by atoms with Crippen LogP contribution in [-0.4, -0.2) is 40.1 Å². The molecule has 0 atom stereocenters. The van der Waals surface area contributed by atoms with Gasteiger partial charge in [-0.05, 0) is 16.5 Å². The molecule has 0 fully saturated rings. The van der Waals surface area contributed by atoms with Crippen LogP contribution >= 0.6 is 0 Å². The predicted molar refractivity (Wildman–Crippen MR) is 75.7 cm³/mol. The number of nitrogens with zero attached hydrogens (tertiary/aromatic N) is 1. The Balaban J connectivity index is 2.78. The number of rotatable bonds is 6. The Morgan fingerprint density at radius 3 is 1.80 bits per heavy atom. The molecule has 0 bridgehead atoms. The van der Waals surface area contributed by atoms with Gasteiger partial charge in [0.2, 0.25) is 0 Å². The smallest absolute Gasteiger partial charge is 0.317 e. The SMILES string of the molecule is CC(C)(C)c1ccc(CN(CC(=O)O)CC(=O)O)cc1. The fourth-order valence-corrected chi connectivity index (χ4v) is 1.92. The van der Waals surface area contributed by atoms with Gasteiger partial charge in [0.15, 0.2) is 0 Å². The van der Waals surface area contributed by atoms with Crippen LogP contribution in [0.15, 0.2) is 24.3 Å². The molecule has 0 saturated heterocycles. The van der Waals surface area contributed by atoms with Gasteiger partial charge in [-0.3, -0.25) is 14.5 Å². The van der Waals surface area contributed by atoms with Crippen molar-refractivity contribution in [1.29, 1.82) is 0 Å². The molecule has 5 nitrogen and oxygen atoms in total. The van der Waals surface area contributed by atoms with Gasteiger partial charge in [0, 0.05) is 6.54 Å². The molecule has 1 aromatic carbocycles. The zero-order chi connectivity index (χ0) is 15.3. The molecule has 2 N–H and O–H groups in total. The summed E-state index contributed by atoms with van der Waals surface area (Å²) in [4.78, 5) is 22.9. The Kier molecular flexibility index (Phi) is 5.27.